The summed E-state index contributed by atoms with van der Waals surface area (Å²) < 4.78 is 11.0. The van der Waals surface area contributed by atoms with Crippen LogP contribution in [0.15, 0.2) is 48.5 Å². The third-order valence-corrected chi connectivity index (χ3v) is 6.65. The molecule has 6 heteroatoms. The zero-order chi connectivity index (χ0) is 20.8. The number of amides is 1. The number of hydrogen-bond donors (Lipinski definition) is 1. The second kappa shape index (κ2) is 7.27. The number of benzene rings is 2. The van der Waals surface area contributed by atoms with Crippen molar-refractivity contribution in [2.45, 2.75) is 25.9 Å². The number of aryl methyl sites for hydroxylation is 1. The normalized spacial score (nSPS) is 28.3. The Morgan fingerprint density at radius 1 is 1.07 bits per heavy atom. The van der Waals surface area contributed by atoms with E-state index in [-0.39, 0.29) is 54.0 Å². The average molecular weight is 405 g/mol. The van der Waals surface area contributed by atoms with Gasteiger partial charge in [0.2, 0.25) is 5.91 Å². The zero-order valence-electron chi connectivity index (χ0n) is 16.7. The maximum absolute atomic E-state index is 12.8. The fourth-order valence-electron chi connectivity index (χ4n) is 5.19. The lowest BCUT2D eigenvalue weighted by Gasteiger charge is -2.23. The predicted molar refractivity (Wildman–Crippen MR) is 109 cm³/mol. The first-order chi connectivity index (χ1) is 14.5. The quantitative estimate of drug-likeness (QED) is 0.589. The molecule has 6 nitrogen and oxygen atoms in total. The number of esters is 1. The second-order valence-corrected chi connectivity index (χ2v) is 8.51. The van der Waals surface area contributed by atoms with Crippen molar-refractivity contribution in [2.75, 3.05) is 11.9 Å². The number of ketones is 1. The Labute approximate surface area is 174 Å². The molecule has 30 heavy (non-hydrogen) atoms. The SMILES string of the molecule is Cc1ccc(C(=O)COc2ccc(NC(=O)[C@@H]3[C@H]4C[C@@H]5[C@@H]3C(=O)O[C@@H]5C4)cc2)cc1. The Morgan fingerprint density at radius 2 is 1.80 bits per heavy atom. The van der Waals surface area contributed by atoms with Crippen LogP contribution < -0.4 is 10.1 Å². The van der Waals surface area contributed by atoms with Gasteiger partial charge < -0.3 is 14.8 Å². The topological polar surface area (TPSA) is 81.7 Å². The summed E-state index contributed by atoms with van der Waals surface area (Å²) in [6.45, 7) is 1.92. The maximum atomic E-state index is 12.8. The molecule has 0 spiro atoms. The minimum atomic E-state index is -0.302. The third-order valence-electron chi connectivity index (χ3n) is 6.65. The molecule has 5 rings (SSSR count). The standard InChI is InChI=1S/C24H23NO5/c1-13-2-4-14(5-3-13)19(26)12-29-17-8-6-16(7-9-17)25-23(27)21-15-10-18-20(11-15)30-24(28)22(18)21/h2-9,15,18,20-22H,10-12H2,1H3,(H,25,27)/t15-,18-,20+,21+,22-/m0/s1. The molecule has 2 bridgehead atoms. The molecule has 1 heterocycles. The van der Waals surface area contributed by atoms with Gasteiger partial charge in [0.15, 0.2) is 12.4 Å². The van der Waals surface area contributed by atoms with E-state index < -0.39 is 0 Å². The number of carbonyl (C=O) groups excluding carboxylic acids is 3. The summed E-state index contributed by atoms with van der Waals surface area (Å²) in [7, 11) is 0. The van der Waals surface area contributed by atoms with Gasteiger partial charge in [-0.2, -0.15) is 0 Å². The highest BCUT2D eigenvalue weighted by molar-refractivity contribution is 5.98. The van der Waals surface area contributed by atoms with Crippen molar-refractivity contribution in [2.24, 2.45) is 23.7 Å². The van der Waals surface area contributed by atoms with Crippen LogP contribution >= 0.6 is 0 Å². The van der Waals surface area contributed by atoms with Crippen molar-refractivity contribution < 1.29 is 23.9 Å². The van der Waals surface area contributed by atoms with Crippen LogP contribution in [0.2, 0.25) is 0 Å². The molecular weight excluding hydrogens is 382 g/mol. The zero-order valence-corrected chi connectivity index (χ0v) is 16.7. The van der Waals surface area contributed by atoms with E-state index in [0.29, 0.717) is 17.0 Å². The monoisotopic (exact) mass is 405 g/mol. The van der Waals surface area contributed by atoms with Crippen LogP contribution in [0.4, 0.5) is 5.69 Å². The number of nitrogens with one attached hydrogen (secondary N) is 1. The van der Waals surface area contributed by atoms with Gasteiger partial charge in [0, 0.05) is 17.2 Å². The number of Topliss-reactive ketones (excluding diaryl/α,β-unsaturated/α-hetero) is 1. The van der Waals surface area contributed by atoms with E-state index >= 15 is 0 Å². The first-order valence-electron chi connectivity index (χ1n) is 10.3. The molecule has 0 aromatic heterocycles. The molecular formula is C24H23NO5. The molecule has 1 amide bonds. The summed E-state index contributed by atoms with van der Waals surface area (Å²) in [4.78, 5) is 37.1. The Hall–Kier alpha value is -3.15. The van der Waals surface area contributed by atoms with Gasteiger partial charge >= 0.3 is 5.97 Å². The lowest BCUT2D eigenvalue weighted by molar-refractivity contribution is -0.145. The van der Waals surface area contributed by atoms with Gasteiger partial charge in [-0.15, -0.1) is 0 Å². The summed E-state index contributed by atoms with van der Waals surface area (Å²) in [5.74, 6) is -0.0263. The van der Waals surface area contributed by atoms with E-state index in [9.17, 15) is 14.4 Å². The van der Waals surface area contributed by atoms with Crippen molar-refractivity contribution in [3.63, 3.8) is 0 Å². The van der Waals surface area contributed by atoms with E-state index in [1.807, 2.05) is 19.1 Å². The Bertz CT molecular complexity index is 995. The number of carbonyl (C=O) groups is 3. The highest BCUT2D eigenvalue weighted by atomic mass is 16.6. The molecule has 0 radical (unpaired) electrons. The van der Waals surface area contributed by atoms with Gasteiger partial charge in [0.25, 0.3) is 0 Å². The summed E-state index contributed by atoms with van der Waals surface area (Å²) in [6.07, 6.45) is 1.73. The van der Waals surface area contributed by atoms with Gasteiger partial charge in [-0.05, 0) is 49.9 Å². The Kier molecular flexibility index (Phi) is 4.57. The van der Waals surface area contributed by atoms with Crippen molar-refractivity contribution >= 4 is 23.3 Å². The van der Waals surface area contributed by atoms with Crippen molar-refractivity contribution in [1.82, 2.24) is 0 Å². The first kappa shape index (κ1) is 18.9. The molecule has 0 unspecified atom stereocenters. The largest absolute Gasteiger partial charge is 0.485 e. The van der Waals surface area contributed by atoms with Crippen molar-refractivity contribution in [1.29, 1.82) is 0 Å². The third kappa shape index (κ3) is 3.26. The molecule has 1 aliphatic heterocycles. The van der Waals surface area contributed by atoms with Gasteiger partial charge in [-0.25, -0.2) is 0 Å². The Balaban J connectivity index is 1.17. The molecule has 2 saturated carbocycles. The molecule has 5 atom stereocenters. The highest BCUT2D eigenvalue weighted by Crippen LogP contribution is 2.57. The molecule has 2 aromatic carbocycles. The summed E-state index contributed by atoms with van der Waals surface area (Å²) in [5, 5.41) is 2.93. The van der Waals surface area contributed by atoms with Crippen LogP contribution in [-0.4, -0.2) is 30.4 Å². The number of ether oxygens (including phenoxy) is 2. The number of fused-ring (bicyclic) bond motifs is 1. The van der Waals surface area contributed by atoms with E-state index in [1.165, 1.54) is 0 Å². The van der Waals surface area contributed by atoms with Crippen LogP contribution in [0, 0.1) is 30.6 Å². The van der Waals surface area contributed by atoms with E-state index in [4.69, 9.17) is 9.47 Å². The van der Waals surface area contributed by atoms with Crippen LogP contribution in [0.1, 0.15) is 28.8 Å². The molecule has 1 N–H and O–H groups in total. The lowest BCUT2D eigenvalue weighted by Crippen LogP contribution is -2.35. The minimum absolute atomic E-state index is 0.0237. The summed E-state index contributed by atoms with van der Waals surface area (Å²) in [6, 6.07) is 14.3. The van der Waals surface area contributed by atoms with Gasteiger partial charge in [-0.1, -0.05) is 29.8 Å². The number of hydrogen-bond acceptors (Lipinski definition) is 5. The molecule has 3 fully saturated rings. The van der Waals surface area contributed by atoms with Crippen LogP contribution in [0.3, 0.4) is 0 Å². The van der Waals surface area contributed by atoms with Gasteiger partial charge in [-0.3, -0.25) is 14.4 Å². The number of anilines is 1. The fraction of sp³-hybridized carbons (Fsp3) is 0.375. The maximum Gasteiger partial charge on any atom is 0.310 e. The first-order valence-corrected chi connectivity index (χ1v) is 10.3. The van der Waals surface area contributed by atoms with Crippen molar-refractivity contribution in [3.05, 3.63) is 59.7 Å². The van der Waals surface area contributed by atoms with E-state index in [2.05, 4.69) is 5.32 Å². The highest BCUT2D eigenvalue weighted by Gasteiger charge is 2.63. The minimum Gasteiger partial charge on any atom is -0.485 e. The molecule has 2 aromatic rings. The summed E-state index contributed by atoms with van der Waals surface area (Å²) >= 11 is 0. The smallest absolute Gasteiger partial charge is 0.310 e. The summed E-state index contributed by atoms with van der Waals surface area (Å²) in [5.41, 5.74) is 2.35. The van der Waals surface area contributed by atoms with Crippen molar-refractivity contribution in [3.8, 4) is 5.75 Å². The molecule has 3 aliphatic rings. The second-order valence-electron chi connectivity index (χ2n) is 8.51. The lowest BCUT2D eigenvalue weighted by atomic mass is 9.79. The van der Waals surface area contributed by atoms with E-state index in [0.717, 1.165) is 18.4 Å². The predicted octanol–water partition coefficient (Wildman–Crippen LogP) is 3.39. The molecule has 2 aliphatic carbocycles. The number of rotatable bonds is 6. The van der Waals surface area contributed by atoms with Crippen LogP contribution in [0.25, 0.3) is 0 Å². The molecule has 154 valence electrons. The Morgan fingerprint density at radius 3 is 2.53 bits per heavy atom. The fourth-order valence-corrected chi connectivity index (χ4v) is 5.19. The molecule has 1 saturated heterocycles. The van der Waals surface area contributed by atoms with Gasteiger partial charge in [0.05, 0.1) is 11.8 Å². The van der Waals surface area contributed by atoms with Crippen LogP contribution in [0.5, 0.6) is 5.75 Å². The van der Waals surface area contributed by atoms with Crippen LogP contribution in [-0.2, 0) is 14.3 Å². The van der Waals surface area contributed by atoms with Gasteiger partial charge in [0.1, 0.15) is 11.9 Å². The van der Waals surface area contributed by atoms with E-state index in [1.54, 1.807) is 36.4 Å². The average Bonchev–Trinajstić information content (AvgIpc) is 3.36.